The number of hydrogen-bond acceptors (Lipinski definition) is 8. The van der Waals surface area contributed by atoms with Gasteiger partial charge in [0.05, 0.1) is 38.7 Å². The smallest absolute Gasteiger partial charge is 0.301 e. The lowest BCUT2D eigenvalue weighted by Crippen LogP contribution is -2.29. The fourth-order valence-electron chi connectivity index (χ4n) is 4.52. The second kappa shape index (κ2) is 8.82. The molecule has 2 aliphatic rings. The lowest BCUT2D eigenvalue weighted by Gasteiger charge is -2.28. The van der Waals surface area contributed by atoms with Gasteiger partial charge in [0.2, 0.25) is 0 Å². The van der Waals surface area contributed by atoms with Crippen LogP contribution in [0.15, 0.2) is 60.3 Å². The number of likely N-dealkylation sites (N-methyl/N-ethyl adjacent to an activating group) is 1. The summed E-state index contributed by atoms with van der Waals surface area (Å²) < 4.78 is 20.2. The molecule has 2 aromatic heterocycles. The largest absolute Gasteiger partial charge is 0.507 e. The minimum atomic E-state index is -1.05. The summed E-state index contributed by atoms with van der Waals surface area (Å²) in [6.45, 7) is 1.20. The van der Waals surface area contributed by atoms with Gasteiger partial charge in [0, 0.05) is 18.8 Å². The van der Waals surface area contributed by atoms with Crippen molar-refractivity contribution in [1.82, 2.24) is 9.97 Å². The first-order valence-electron chi connectivity index (χ1n) is 11.3. The number of ketones is 1. The highest BCUT2D eigenvalue weighted by atomic mass is 35.5. The molecule has 8 nitrogen and oxygen atoms in total. The number of nitrogens with zero attached hydrogens (tertiary/aromatic N) is 4. The number of ether oxygens (including phenoxy) is 1. The number of thiazole rings is 1. The highest BCUT2D eigenvalue weighted by Crippen LogP contribution is 2.45. The number of rotatable bonds is 3. The summed E-state index contributed by atoms with van der Waals surface area (Å²) in [5.74, 6) is -2.05. The Kier molecular flexibility index (Phi) is 5.58. The highest BCUT2D eigenvalue weighted by molar-refractivity contribution is 7.22. The number of aliphatic hydroxyl groups is 1. The van der Waals surface area contributed by atoms with Crippen LogP contribution in [0.25, 0.3) is 16.0 Å². The zero-order chi connectivity index (χ0) is 25.8. The van der Waals surface area contributed by atoms with E-state index in [1.807, 2.05) is 11.9 Å². The summed E-state index contributed by atoms with van der Waals surface area (Å²) in [5, 5.41) is 11.5. The van der Waals surface area contributed by atoms with E-state index in [9.17, 15) is 19.1 Å². The van der Waals surface area contributed by atoms with Crippen molar-refractivity contribution in [3.63, 3.8) is 0 Å². The van der Waals surface area contributed by atoms with Gasteiger partial charge in [0.15, 0.2) is 5.13 Å². The maximum Gasteiger partial charge on any atom is 0.301 e. The summed E-state index contributed by atoms with van der Waals surface area (Å²) in [7, 11) is 1.90. The lowest BCUT2D eigenvalue weighted by molar-refractivity contribution is -0.132. The average molecular weight is 537 g/mol. The standard InChI is InChI=1S/C26H18ClFN4O4S/c1-31-8-9-36-19-6-5-13(10-18(19)31)23(33)21-22(16-4-2-3-7-29-16)32(25(35)24(21)34)26-30-17-11-14(27)15(28)12-20(17)37-26/h2-7,10-12,22,33H,8-9H2,1H3/b23-21+. The van der Waals surface area contributed by atoms with E-state index in [4.69, 9.17) is 16.3 Å². The quantitative estimate of drug-likeness (QED) is 0.225. The molecule has 0 radical (unpaired) electrons. The molecule has 0 aliphatic carbocycles. The van der Waals surface area contributed by atoms with Crippen LogP contribution in [0.3, 0.4) is 0 Å². The Morgan fingerprint density at radius 1 is 1.22 bits per heavy atom. The molecule has 1 amide bonds. The molecule has 1 unspecified atom stereocenters. The molecule has 0 spiro atoms. The van der Waals surface area contributed by atoms with Gasteiger partial charge in [0.25, 0.3) is 5.78 Å². The Labute approximate surface area is 219 Å². The second-order valence-corrected chi connectivity index (χ2v) is 10.0. The maximum absolute atomic E-state index is 14.1. The van der Waals surface area contributed by atoms with Gasteiger partial charge >= 0.3 is 5.91 Å². The van der Waals surface area contributed by atoms with Crippen LogP contribution in [-0.2, 0) is 9.59 Å². The van der Waals surface area contributed by atoms with Gasteiger partial charge in [-0.25, -0.2) is 9.37 Å². The summed E-state index contributed by atoms with van der Waals surface area (Å²) in [4.78, 5) is 38.8. The first-order valence-corrected chi connectivity index (χ1v) is 12.5. The van der Waals surface area contributed by atoms with Crippen LogP contribution in [0.5, 0.6) is 5.75 Å². The minimum absolute atomic E-state index is 0.103. The van der Waals surface area contributed by atoms with Crippen LogP contribution in [0.2, 0.25) is 5.02 Å². The number of anilines is 2. The van der Waals surface area contributed by atoms with Crippen LogP contribution >= 0.6 is 22.9 Å². The van der Waals surface area contributed by atoms with Crippen molar-refractivity contribution >= 4 is 61.4 Å². The van der Waals surface area contributed by atoms with Gasteiger partial charge in [-0.05, 0) is 42.5 Å². The molecular formula is C26H18ClFN4O4S. The number of fused-ring (bicyclic) bond motifs is 2. The van der Waals surface area contributed by atoms with E-state index in [1.54, 1.807) is 36.4 Å². The Balaban J connectivity index is 1.53. The first kappa shape index (κ1) is 23.4. The molecule has 4 heterocycles. The second-order valence-electron chi connectivity index (χ2n) is 8.61. The molecule has 4 aromatic rings. The molecule has 0 bridgehead atoms. The Hall–Kier alpha value is -4.02. The van der Waals surface area contributed by atoms with Gasteiger partial charge in [-0.2, -0.15) is 0 Å². The lowest BCUT2D eigenvalue weighted by atomic mass is 9.98. The summed E-state index contributed by atoms with van der Waals surface area (Å²) in [5.41, 5.74) is 1.74. The van der Waals surface area contributed by atoms with E-state index in [2.05, 4.69) is 9.97 Å². The fourth-order valence-corrected chi connectivity index (χ4v) is 5.67. The SMILES string of the molecule is CN1CCOc2ccc(/C(O)=C3\C(=O)C(=O)N(c4nc5cc(Cl)c(F)cc5s4)C3c3ccccn3)cc21. The number of carbonyl (C=O) groups excluding carboxylic acids is 2. The van der Waals surface area contributed by atoms with Crippen molar-refractivity contribution in [2.45, 2.75) is 6.04 Å². The van der Waals surface area contributed by atoms with Gasteiger partial charge in [-0.1, -0.05) is 29.0 Å². The third-order valence-electron chi connectivity index (χ3n) is 6.37. The molecule has 1 atom stereocenters. The summed E-state index contributed by atoms with van der Waals surface area (Å²) >= 11 is 6.96. The molecule has 186 valence electrons. The van der Waals surface area contributed by atoms with Crippen molar-refractivity contribution in [2.24, 2.45) is 0 Å². The van der Waals surface area contributed by atoms with Crippen molar-refractivity contribution in [2.75, 3.05) is 30.0 Å². The molecule has 2 aromatic carbocycles. The third-order valence-corrected chi connectivity index (χ3v) is 7.67. The number of halogens is 2. The highest BCUT2D eigenvalue weighted by Gasteiger charge is 2.49. The molecule has 1 saturated heterocycles. The number of carbonyl (C=O) groups is 2. The fraction of sp³-hybridized carbons (Fsp3) is 0.154. The molecule has 2 aliphatic heterocycles. The summed E-state index contributed by atoms with van der Waals surface area (Å²) in [6, 6.07) is 11.7. The Morgan fingerprint density at radius 2 is 2.05 bits per heavy atom. The monoisotopic (exact) mass is 536 g/mol. The van der Waals surface area contributed by atoms with Gasteiger partial charge in [0.1, 0.15) is 30.0 Å². The molecule has 37 heavy (non-hydrogen) atoms. The topological polar surface area (TPSA) is 95.9 Å². The Morgan fingerprint density at radius 3 is 2.84 bits per heavy atom. The number of benzene rings is 2. The molecule has 1 N–H and O–H groups in total. The molecule has 1 fully saturated rings. The van der Waals surface area contributed by atoms with E-state index in [1.165, 1.54) is 23.2 Å². The zero-order valence-electron chi connectivity index (χ0n) is 19.3. The molecular weight excluding hydrogens is 519 g/mol. The van der Waals surface area contributed by atoms with Crippen molar-refractivity contribution in [3.8, 4) is 5.75 Å². The van der Waals surface area contributed by atoms with E-state index in [-0.39, 0.29) is 21.5 Å². The van der Waals surface area contributed by atoms with E-state index in [0.29, 0.717) is 40.4 Å². The van der Waals surface area contributed by atoms with Gasteiger partial charge < -0.3 is 14.7 Å². The van der Waals surface area contributed by atoms with Crippen molar-refractivity contribution in [1.29, 1.82) is 0 Å². The predicted octanol–water partition coefficient (Wildman–Crippen LogP) is 4.94. The number of pyridine rings is 1. The molecule has 6 rings (SSSR count). The van der Waals surface area contributed by atoms with Crippen LogP contribution in [0, 0.1) is 5.82 Å². The average Bonchev–Trinajstić information content (AvgIpc) is 3.41. The van der Waals surface area contributed by atoms with Crippen molar-refractivity contribution in [3.05, 3.63) is 82.4 Å². The van der Waals surface area contributed by atoms with Crippen LogP contribution in [-0.4, -0.2) is 47.0 Å². The van der Waals surface area contributed by atoms with E-state index < -0.39 is 23.5 Å². The van der Waals surface area contributed by atoms with Crippen molar-refractivity contribution < 1.29 is 23.8 Å². The molecule has 11 heteroatoms. The molecule has 0 saturated carbocycles. The third kappa shape index (κ3) is 3.80. The van der Waals surface area contributed by atoms with Crippen LogP contribution in [0.4, 0.5) is 15.2 Å². The van der Waals surface area contributed by atoms with Gasteiger partial charge in [-0.15, -0.1) is 0 Å². The van der Waals surface area contributed by atoms with Crippen LogP contribution < -0.4 is 14.5 Å². The van der Waals surface area contributed by atoms with Crippen LogP contribution in [0.1, 0.15) is 17.3 Å². The minimum Gasteiger partial charge on any atom is -0.507 e. The first-order chi connectivity index (χ1) is 17.8. The number of amides is 1. The van der Waals surface area contributed by atoms with E-state index in [0.717, 1.165) is 17.0 Å². The summed E-state index contributed by atoms with van der Waals surface area (Å²) in [6.07, 6.45) is 1.54. The Bertz CT molecular complexity index is 1580. The number of hydrogen-bond donors (Lipinski definition) is 1. The van der Waals surface area contributed by atoms with E-state index >= 15 is 0 Å². The van der Waals surface area contributed by atoms with Gasteiger partial charge in [-0.3, -0.25) is 19.5 Å². The number of Topliss-reactive ketones (excluding diaryl/α,β-unsaturated/α-hetero) is 1. The number of aromatic nitrogens is 2. The maximum atomic E-state index is 14.1. The normalized spacial score (nSPS) is 18.8. The zero-order valence-corrected chi connectivity index (χ0v) is 20.9. The number of aliphatic hydroxyl groups excluding tert-OH is 1. The predicted molar refractivity (Wildman–Crippen MR) is 139 cm³/mol.